The second kappa shape index (κ2) is 17.0. The molecule has 0 atom stereocenters. The van der Waals surface area contributed by atoms with Gasteiger partial charge in [0, 0.05) is 60.4 Å². The first-order valence-corrected chi connectivity index (χ1v) is 29.3. The van der Waals surface area contributed by atoms with Crippen LogP contribution in [0.3, 0.4) is 0 Å². The fraction of sp³-hybridized carbons (Fsp3) is 0.0123. The number of hydrogen-bond acceptors (Lipinski definition) is 0. The third-order valence-corrected chi connectivity index (χ3v) is 19.0. The van der Waals surface area contributed by atoms with Crippen molar-refractivity contribution in [2.45, 2.75) is 5.41 Å². The fourth-order valence-electron chi connectivity index (χ4n) is 15.9. The molecule has 0 amide bonds. The molecular weight excluding hydrogens is 1010 g/mol. The van der Waals surface area contributed by atoms with Crippen molar-refractivity contribution in [3.63, 3.8) is 0 Å². The van der Waals surface area contributed by atoms with E-state index in [1.807, 2.05) is 0 Å². The van der Waals surface area contributed by atoms with Crippen LogP contribution in [0.25, 0.3) is 149 Å². The van der Waals surface area contributed by atoms with Gasteiger partial charge in [-0.05, 0) is 120 Å². The van der Waals surface area contributed by atoms with Crippen LogP contribution in [0.15, 0.2) is 297 Å². The lowest BCUT2D eigenvalue weighted by Gasteiger charge is -2.40. The summed E-state index contributed by atoms with van der Waals surface area (Å²) >= 11 is 0. The molecule has 0 radical (unpaired) electrons. The molecule has 1 aliphatic carbocycles. The summed E-state index contributed by atoms with van der Waals surface area (Å²) < 4.78 is 7.62. The number of fused-ring (bicyclic) bond motifs is 20. The lowest BCUT2D eigenvalue weighted by molar-refractivity contribution is 0.749. The Hall–Kier alpha value is -11.0. The Kier molecular flexibility index (Phi) is 9.26. The second-order valence-corrected chi connectivity index (χ2v) is 22.9. The maximum atomic E-state index is 2.65. The van der Waals surface area contributed by atoms with Crippen LogP contribution >= 0.6 is 0 Å². The van der Waals surface area contributed by atoms with Gasteiger partial charge in [0.1, 0.15) is 0 Å². The average Bonchev–Trinajstić information content (AvgIpc) is 1.50. The highest BCUT2D eigenvalue weighted by molar-refractivity contribution is 6.25. The van der Waals surface area contributed by atoms with Crippen LogP contribution in [0.5, 0.6) is 0 Å². The highest BCUT2D eigenvalue weighted by Gasteiger charge is 2.51. The summed E-state index contributed by atoms with van der Waals surface area (Å²) in [6.45, 7) is 0. The molecule has 14 aromatic carbocycles. The van der Waals surface area contributed by atoms with E-state index in [0.29, 0.717) is 0 Å². The SMILES string of the molecule is c1ccc(-n2c3ccccc3c3cccc(-c4cccc5c(-c6cccc7c6-n6c8ccccc8c8cccc(c86)C76c7ccccc7-c7ccccc76)c6cccc(-c7cccc8c9ccccc9n(-c9ccccc9)c78)c6cc45)c32)cc1. The third kappa shape index (κ3) is 5.84. The van der Waals surface area contributed by atoms with Crippen LogP contribution in [-0.2, 0) is 5.41 Å². The number of hydrogen-bond donors (Lipinski definition) is 0. The van der Waals surface area contributed by atoms with Crippen LogP contribution in [-0.4, -0.2) is 13.7 Å². The summed E-state index contributed by atoms with van der Waals surface area (Å²) in [6, 6.07) is 112. The average molecular weight is 1060 g/mol. The first-order chi connectivity index (χ1) is 41.8. The first-order valence-electron chi connectivity index (χ1n) is 29.3. The normalized spacial score (nSPS) is 13.1. The summed E-state index contributed by atoms with van der Waals surface area (Å²) in [5.41, 5.74) is 25.1. The molecule has 1 aliphatic heterocycles. The minimum Gasteiger partial charge on any atom is -0.309 e. The van der Waals surface area contributed by atoms with E-state index in [4.69, 9.17) is 0 Å². The molecule has 84 heavy (non-hydrogen) atoms. The van der Waals surface area contributed by atoms with E-state index in [1.165, 1.54) is 159 Å². The Labute approximate surface area is 484 Å². The van der Waals surface area contributed by atoms with Gasteiger partial charge in [-0.1, -0.05) is 249 Å². The van der Waals surface area contributed by atoms with E-state index in [1.54, 1.807) is 0 Å². The molecule has 0 N–H and O–H groups in total. The highest BCUT2D eigenvalue weighted by atomic mass is 15.0. The van der Waals surface area contributed by atoms with Gasteiger partial charge in [-0.15, -0.1) is 0 Å². The zero-order valence-corrected chi connectivity index (χ0v) is 45.6. The number of benzene rings is 14. The smallest absolute Gasteiger partial charge is 0.0754 e. The second-order valence-electron chi connectivity index (χ2n) is 22.9. The van der Waals surface area contributed by atoms with Crippen molar-refractivity contribution in [3.05, 3.63) is 320 Å². The van der Waals surface area contributed by atoms with Crippen LogP contribution in [0, 0.1) is 0 Å². The van der Waals surface area contributed by atoms with Gasteiger partial charge in [0.2, 0.25) is 0 Å². The number of nitrogens with zero attached hydrogens (tertiary/aromatic N) is 3. The third-order valence-electron chi connectivity index (χ3n) is 19.0. The Morgan fingerprint density at radius 3 is 1.07 bits per heavy atom. The lowest BCUT2D eigenvalue weighted by atomic mass is 9.64. The van der Waals surface area contributed by atoms with E-state index in [0.717, 1.165) is 11.4 Å². The van der Waals surface area contributed by atoms with Crippen molar-refractivity contribution in [2.24, 2.45) is 0 Å². The van der Waals surface area contributed by atoms with Crippen LogP contribution < -0.4 is 0 Å². The minimum absolute atomic E-state index is 0.611. The molecule has 17 aromatic rings. The Morgan fingerprint density at radius 2 is 0.548 bits per heavy atom. The Bertz CT molecular complexity index is 5410. The van der Waals surface area contributed by atoms with Gasteiger partial charge >= 0.3 is 0 Å². The predicted molar refractivity (Wildman–Crippen MR) is 352 cm³/mol. The molecule has 0 bridgehead atoms. The lowest BCUT2D eigenvalue weighted by Crippen LogP contribution is -2.33. The van der Waals surface area contributed by atoms with Crippen molar-refractivity contribution in [1.29, 1.82) is 0 Å². The van der Waals surface area contributed by atoms with Gasteiger partial charge in [0.05, 0.1) is 44.2 Å². The maximum absolute atomic E-state index is 2.65. The molecule has 4 heterocycles. The maximum Gasteiger partial charge on any atom is 0.0754 e. The largest absolute Gasteiger partial charge is 0.309 e. The molecular formula is C81H49N3. The monoisotopic (exact) mass is 1060 g/mol. The topological polar surface area (TPSA) is 14.8 Å². The van der Waals surface area contributed by atoms with Crippen molar-refractivity contribution in [2.75, 3.05) is 0 Å². The van der Waals surface area contributed by atoms with Gasteiger partial charge in [-0.25, -0.2) is 0 Å². The van der Waals surface area contributed by atoms with Gasteiger partial charge in [-0.3, -0.25) is 0 Å². The van der Waals surface area contributed by atoms with Crippen molar-refractivity contribution in [3.8, 4) is 61.6 Å². The zero-order chi connectivity index (χ0) is 54.8. The van der Waals surface area contributed by atoms with Gasteiger partial charge in [-0.2, -0.15) is 0 Å². The Morgan fingerprint density at radius 1 is 0.202 bits per heavy atom. The molecule has 0 fully saturated rings. The standard InChI is InChI=1S/C81H49N3/c1-3-23-50(24-4-1)82-73-46-14-9-29-56(73)63-38-19-36-61(77(63)82)52-32-17-34-59-67(52)49-68-53(62-37-20-39-64-57-30-10-15-47-74(57)83(78(62)64)51-25-5-2-6-26-51)33-18-35-60(68)76(59)66-41-22-45-72-80(66)84-75-48-16-11-31-58(75)65-40-21-44-71(79(65)84)81(72)69-42-12-7-27-54(69)55-28-8-13-43-70(55)81/h1-49H. The summed E-state index contributed by atoms with van der Waals surface area (Å²) in [5, 5.41) is 12.2. The highest BCUT2D eigenvalue weighted by Crippen LogP contribution is 2.62. The van der Waals surface area contributed by atoms with Crippen LogP contribution in [0.4, 0.5) is 0 Å². The molecule has 3 heteroatoms. The summed E-state index contributed by atoms with van der Waals surface area (Å²) in [7, 11) is 0. The quantitative estimate of drug-likeness (QED) is 0.153. The van der Waals surface area contributed by atoms with Crippen molar-refractivity contribution in [1.82, 2.24) is 13.7 Å². The molecule has 1 spiro atoms. The van der Waals surface area contributed by atoms with E-state index in [-0.39, 0.29) is 0 Å². The van der Waals surface area contributed by atoms with Gasteiger partial charge in [0.25, 0.3) is 0 Å². The van der Waals surface area contributed by atoms with Crippen LogP contribution in [0.2, 0.25) is 0 Å². The van der Waals surface area contributed by atoms with E-state index in [9.17, 15) is 0 Å². The molecule has 2 aliphatic rings. The Balaban J connectivity index is 1.01. The minimum atomic E-state index is -0.611. The van der Waals surface area contributed by atoms with Gasteiger partial charge in [0.15, 0.2) is 0 Å². The van der Waals surface area contributed by atoms with E-state index in [2.05, 4.69) is 311 Å². The molecule has 0 saturated carbocycles. The summed E-state index contributed by atoms with van der Waals surface area (Å²) in [6.07, 6.45) is 0. The molecule has 388 valence electrons. The number of rotatable bonds is 5. The number of aromatic nitrogens is 3. The van der Waals surface area contributed by atoms with Crippen LogP contribution in [0.1, 0.15) is 22.3 Å². The predicted octanol–water partition coefficient (Wildman–Crippen LogP) is 21.0. The molecule has 19 rings (SSSR count). The summed E-state index contributed by atoms with van der Waals surface area (Å²) in [4.78, 5) is 0. The fourth-order valence-corrected chi connectivity index (χ4v) is 15.9. The molecule has 3 nitrogen and oxygen atoms in total. The van der Waals surface area contributed by atoms with Gasteiger partial charge < -0.3 is 13.7 Å². The zero-order valence-electron chi connectivity index (χ0n) is 45.6. The molecule has 3 aromatic heterocycles. The van der Waals surface area contributed by atoms with Crippen molar-refractivity contribution >= 4 is 87.0 Å². The van der Waals surface area contributed by atoms with E-state index >= 15 is 0 Å². The summed E-state index contributed by atoms with van der Waals surface area (Å²) in [5.74, 6) is 0. The van der Waals surface area contributed by atoms with Crippen molar-refractivity contribution < 1.29 is 0 Å². The molecule has 0 saturated heterocycles. The molecule has 0 unspecified atom stereocenters. The number of para-hydroxylation sites is 9. The van der Waals surface area contributed by atoms with E-state index < -0.39 is 5.41 Å². The first kappa shape index (κ1) is 45.7.